The van der Waals surface area contributed by atoms with Crippen LogP contribution >= 0.6 is 11.3 Å². The number of furan rings is 2. The Hall–Kier alpha value is -7.02. The molecule has 6 aromatic carbocycles. The van der Waals surface area contributed by atoms with Gasteiger partial charge in [0.05, 0.1) is 0 Å². The molecular formula is C53H35N3O2S. The topological polar surface area (TPSA) is 63.0 Å². The minimum Gasteiger partial charge on any atom is -0.456 e. The average molecular weight is 778 g/mol. The Labute approximate surface area is 343 Å². The van der Waals surface area contributed by atoms with Crippen LogP contribution in [0.2, 0.25) is 0 Å². The maximum atomic E-state index is 6.82. The van der Waals surface area contributed by atoms with E-state index < -0.39 is 0 Å². The highest BCUT2D eigenvalue weighted by Gasteiger charge is 2.33. The van der Waals surface area contributed by atoms with E-state index in [1.807, 2.05) is 23.5 Å². The van der Waals surface area contributed by atoms with Crippen molar-refractivity contribution >= 4 is 87.1 Å². The molecule has 9 aromatic rings. The van der Waals surface area contributed by atoms with E-state index in [4.69, 9.17) is 18.8 Å². The van der Waals surface area contributed by atoms with Crippen LogP contribution in [-0.2, 0) is 0 Å². The molecule has 1 N–H and O–H groups in total. The fourth-order valence-corrected chi connectivity index (χ4v) is 11.0. The van der Waals surface area contributed by atoms with Gasteiger partial charge in [-0.1, -0.05) is 134 Å². The van der Waals surface area contributed by atoms with Crippen LogP contribution in [0.15, 0.2) is 200 Å². The van der Waals surface area contributed by atoms with Gasteiger partial charge in [-0.05, 0) is 59.5 Å². The van der Waals surface area contributed by atoms with Crippen molar-refractivity contribution in [3.63, 3.8) is 0 Å². The highest BCUT2D eigenvalue weighted by molar-refractivity contribution is 7.25. The SMILES string of the molecule is C1=CC2C=CC3=C(C=CC(C4N=C(c5ccc6c(c5)oc5ccccc56)N=C(c5cccc6oc7c(-c8ccc9c(c8)sc8ccccc89)cccc7c56)N4)C3)C2C=C1. The molecule has 0 amide bonds. The largest absolute Gasteiger partial charge is 0.456 e. The third kappa shape index (κ3) is 5.16. The second-order valence-electron chi connectivity index (χ2n) is 16.0. The zero-order valence-electron chi connectivity index (χ0n) is 31.8. The zero-order valence-corrected chi connectivity index (χ0v) is 32.6. The second-order valence-corrected chi connectivity index (χ2v) is 17.1. The molecule has 59 heavy (non-hydrogen) atoms. The number of para-hydroxylation sites is 2. The lowest BCUT2D eigenvalue weighted by molar-refractivity contribution is 0.461. The summed E-state index contributed by atoms with van der Waals surface area (Å²) in [5.74, 6) is 2.37. The summed E-state index contributed by atoms with van der Waals surface area (Å²) < 4.78 is 15.7. The van der Waals surface area contributed by atoms with Gasteiger partial charge in [0.1, 0.15) is 34.3 Å². The Balaban J connectivity index is 0.936. The number of nitrogens with one attached hydrogen (secondary N) is 1. The minimum absolute atomic E-state index is 0.115. The van der Waals surface area contributed by atoms with Crippen LogP contribution in [0.5, 0.6) is 0 Å². The Morgan fingerprint density at radius 3 is 2.36 bits per heavy atom. The molecule has 4 atom stereocenters. The van der Waals surface area contributed by atoms with Crippen molar-refractivity contribution < 1.29 is 8.83 Å². The van der Waals surface area contributed by atoms with Gasteiger partial charge in [0, 0.05) is 76.2 Å². The molecule has 6 heteroatoms. The van der Waals surface area contributed by atoms with Crippen LogP contribution in [0.3, 0.4) is 0 Å². The molecule has 3 aromatic heterocycles. The van der Waals surface area contributed by atoms with E-state index in [-0.39, 0.29) is 12.1 Å². The van der Waals surface area contributed by atoms with E-state index in [0.29, 0.717) is 17.7 Å². The highest BCUT2D eigenvalue weighted by Crippen LogP contribution is 2.43. The van der Waals surface area contributed by atoms with Crippen molar-refractivity contribution in [2.24, 2.45) is 27.7 Å². The summed E-state index contributed by atoms with van der Waals surface area (Å²) in [5.41, 5.74) is 10.3. The van der Waals surface area contributed by atoms with Crippen LogP contribution < -0.4 is 5.32 Å². The van der Waals surface area contributed by atoms with Crippen molar-refractivity contribution in [2.75, 3.05) is 0 Å². The lowest BCUT2D eigenvalue weighted by Crippen LogP contribution is -2.43. The van der Waals surface area contributed by atoms with Gasteiger partial charge < -0.3 is 14.2 Å². The van der Waals surface area contributed by atoms with Crippen molar-refractivity contribution in [3.05, 3.63) is 192 Å². The number of thiophene rings is 1. The minimum atomic E-state index is -0.251. The van der Waals surface area contributed by atoms with Gasteiger partial charge in [-0.25, -0.2) is 9.98 Å². The molecular weight excluding hydrogens is 743 g/mol. The summed E-state index contributed by atoms with van der Waals surface area (Å²) in [5, 5.41) is 10.7. The predicted molar refractivity (Wildman–Crippen MR) is 244 cm³/mol. The molecule has 5 nitrogen and oxygen atoms in total. The standard InChI is InChI=1S/C53H35N3O2S/c1-2-10-35-30(9-1)19-20-31-27-33(22-24-36(31)35)51-54-52(34-23-25-39-38-11-3-5-16-44(38)57-46(39)28-34)56-53(55-51)43-15-8-17-45-49(43)42-14-7-13-37(50(42)58-45)32-21-26-41-40-12-4-6-18-47(40)59-48(41)29-32/h1-26,28-30,33,35,51H,27H2,(H,54,55,56). The molecule has 4 heterocycles. The van der Waals surface area contributed by atoms with Crippen LogP contribution in [0, 0.1) is 17.8 Å². The molecule has 3 aliphatic carbocycles. The summed E-state index contributed by atoms with van der Waals surface area (Å²) in [6.45, 7) is 0. The van der Waals surface area contributed by atoms with Crippen molar-refractivity contribution in [1.82, 2.24) is 5.32 Å². The number of nitrogens with zero attached hydrogens (tertiary/aromatic N) is 2. The van der Waals surface area contributed by atoms with E-state index in [1.54, 1.807) is 0 Å². The number of amidine groups is 2. The van der Waals surface area contributed by atoms with Crippen molar-refractivity contribution in [2.45, 2.75) is 12.6 Å². The molecule has 4 unspecified atom stereocenters. The fourth-order valence-electron chi connectivity index (χ4n) is 9.81. The van der Waals surface area contributed by atoms with E-state index in [9.17, 15) is 0 Å². The first kappa shape index (κ1) is 33.0. The normalized spacial score (nSPS) is 21.2. The molecule has 280 valence electrons. The van der Waals surface area contributed by atoms with Crippen LogP contribution in [0.25, 0.3) is 75.2 Å². The molecule has 0 fully saturated rings. The first-order valence-corrected chi connectivity index (χ1v) is 21.2. The first-order chi connectivity index (χ1) is 29.2. The van der Waals surface area contributed by atoms with Crippen molar-refractivity contribution in [3.8, 4) is 11.1 Å². The van der Waals surface area contributed by atoms with Gasteiger partial charge >= 0.3 is 0 Å². The monoisotopic (exact) mass is 777 g/mol. The zero-order chi connectivity index (χ0) is 38.6. The molecule has 13 rings (SSSR count). The van der Waals surface area contributed by atoms with E-state index in [0.717, 1.165) is 78.4 Å². The van der Waals surface area contributed by atoms with Gasteiger partial charge in [-0.15, -0.1) is 11.3 Å². The van der Waals surface area contributed by atoms with Gasteiger partial charge in [0.25, 0.3) is 0 Å². The molecule has 0 saturated heterocycles. The highest BCUT2D eigenvalue weighted by atomic mass is 32.1. The van der Waals surface area contributed by atoms with Gasteiger partial charge in [0.15, 0.2) is 5.84 Å². The van der Waals surface area contributed by atoms with Crippen LogP contribution in [0.1, 0.15) is 17.5 Å². The number of allylic oxidation sites excluding steroid dienone is 9. The summed E-state index contributed by atoms with van der Waals surface area (Å²) in [7, 11) is 0. The van der Waals surface area contributed by atoms with E-state index in [2.05, 4.69) is 163 Å². The van der Waals surface area contributed by atoms with Crippen molar-refractivity contribution in [1.29, 1.82) is 0 Å². The van der Waals surface area contributed by atoms with Crippen LogP contribution in [-0.4, -0.2) is 17.8 Å². The lowest BCUT2D eigenvalue weighted by atomic mass is 9.72. The Morgan fingerprint density at radius 2 is 1.37 bits per heavy atom. The molecule has 1 aliphatic heterocycles. The van der Waals surface area contributed by atoms with Gasteiger partial charge in [-0.3, -0.25) is 0 Å². The molecule has 0 saturated carbocycles. The number of hydrogen-bond acceptors (Lipinski definition) is 6. The third-order valence-electron chi connectivity index (χ3n) is 12.7. The summed E-state index contributed by atoms with van der Waals surface area (Å²) in [4.78, 5) is 10.7. The van der Waals surface area contributed by atoms with Gasteiger partial charge in [0.2, 0.25) is 0 Å². The van der Waals surface area contributed by atoms with E-state index >= 15 is 0 Å². The number of rotatable bonds is 4. The summed E-state index contributed by atoms with van der Waals surface area (Å²) in [6, 6.07) is 42.8. The Morgan fingerprint density at radius 1 is 0.593 bits per heavy atom. The number of aliphatic imine (C=N–C) groups is 2. The summed E-state index contributed by atoms with van der Waals surface area (Å²) in [6.07, 6.45) is 19.0. The smallest absolute Gasteiger partial charge is 0.159 e. The molecule has 0 radical (unpaired) electrons. The Kier molecular flexibility index (Phi) is 7.13. The number of benzene rings is 6. The maximum absolute atomic E-state index is 6.82. The average Bonchev–Trinajstić information content (AvgIpc) is 3.99. The molecule has 0 spiro atoms. The molecule has 4 aliphatic rings. The predicted octanol–water partition coefficient (Wildman–Crippen LogP) is 13.4. The summed E-state index contributed by atoms with van der Waals surface area (Å²) >= 11 is 1.84. The molecule has 0 bridgehead atoms. The first-order valence-electron chi connectivity index (χ1n) is 20.4. The second kappa shape index (κ2) is 12.7. The lowest BCUT2D eigenvalue weighted by Gasteiger charge is -2.35. The van der Waals surface area contributed by atoms with E-state index in [1.165, 1.54) is 31.3 Å². The number of fused-ring (bicyclic) bond motifs is 11. The maximum Gasteiger partial charge on any atom is 0.159 e. The fraction of sp³-hybridized carbons (Fsp3) is 0.0943. The van der Waals surface area contributed by atoms with Gasteiger partial charge in [-0.2, -0.15) is 0 Å². The number of hydrogen-bond donors (Lipinski definition) is 1. The third-order valence-corrected chi connectivity index (χ3v) is 13.8. The quantitative estimate of drug-likeness (QED) is 0.194. The van der Waals surface area contributed by atoms with Crippen LogP contribution in [0.4, 0.5) is 0 Å². The Bertz CT molecular complexity index is 3490.